The first-order valence-corrected chi connectivity index (χ1v) is 5.79. The Bertz CT molecular complexity index is 676. The summed E-state index contributed by atoms with van der Waals surface area (Å²) in [4.78, 5) is 0. The maximum Gasteiger partial charge on any atom is 0.220 e. The lowest BCUT2D eigenvalue weighted by molar-refractivity contribution is -0.170. The molecule has 2 aromatic rings. The van der Waals surface area contributed by atoms with Crippen molar-refractivity contribution in [2.75, 3.05) is 0 Å². The van der Waals surface area contributed by atoms with E-state index in [1.807, 2.05) is 6.07 Å². The molecular weight excluding hydrogens is 245 g/mol. The summed E-state index contributed by atoms with van der Waals surface area (Å²) in [7, 11) is 0. The molecule has 0 aromatic heterocycles. The molecule has 0 aliphatic carbocycles. The molecular formula is C15H10FNO2. The standard InChI is InChI=1S/C15H10FNO2/c16-13-4-2-12(3-5-13)15(18)14-6-1-10(8-17)7-11(14)9-19-15/h1-7,18H,9H2. The van der Waals surface area contributed by atoms with Crippen molar-refractivity contribution in [3.63, 3.8) is 0 Å². The molecule has 4 heteroatoms. The van der Waals surface area contributed by atoms with Crippen LogP contribution in [0.5, 0.6) is 0 Å². The predicted molar refractivity (Wildman–Crippen MR) is 65.3 cm³/mol. The van der Waals surface area contributed by atoms with Crippen LogP contribution in [-0.2, 0) is 17.1 Å². The topological polar surface area (TPSA) is 53.2 Å². The van der Waals surface area contributed by atoms with Crippen LogP contribution in [0.3, 0.4) is 0 Å². The van der Waals surface area contributed by atoms with E-state index in [1.165, 1.54) is 24.3 Å². The van der Waals surface area contributed by atoms with Gasteiger partial charge in [0.2, 0.25) is 5.79 Å². The number of ether oxygens (including phenoxy) is 1. The second-order valence-electron chi connectivity index (χ2n) is 4.42. The molecule has 1 atom stereocenters. The van der Waals surface area contributed by atoms with Gasteiger partial charge in [0.05, 0.1) is 18.2 Å². The lowest BCUT2D eigenvalue weighted by Gasteiger charge is -2.23. The molecule has 1 heterocycles. The average molecular weight is 255 g/mol. The molecule has 1 aliphatic rings. The lowest BCUT2D eigenvalue weighted by atomic mass is 9.95. The first kappa shape index (κ1) is 11.8. The minimum atomic E-state index is -1.57. The van der Waals surface area contributed by atoms with Crippen LogP contribution in [0.15, 0.2) is 42.5 Å². The molecule has 0 fully saturated rings. The molecule has 0 saturated heterocycles. The maximum atomic E-state index is 12.9. The van der Waals surface area contributed by atoms with Gasteiger partial charge < -0.3 is 9.84 Å². The van der Waals surface area contributed by atoms with Gasteiger partial charge in [0, 0.05) is 11.1 Å². The molecule has 0 spiro atoms. The van der Waals surface area contributed by atoms with Crippen molar-refractivity contribution in [2.24, 2.45) is 0 Å². The Morgan fingerprint density at radius 3 is 2.63 bits per heavy atom. The van der Waals surface area contributed by atoms with Crippen LogP contribution in [0.25, 0.3) is 0 Å². The third-order valence-corrected chi connectivity index (χ3v) is 3.27. The van der Waals surface area contributed by atoms with Gasteiger partial charge in [0.1, 0.15) is 5.82 Å². The predicted octanol–water partition coefficient (Wildman–Crippen LogP) is 2.42. The van der Waals surface area contributed by atoms with E-state index in [9.17, 15) is 9.50 Å². The van der Waals surface area contributed by atoms with Crippen LogP contribution in [-0.4, -0.2) is 5.11 Å². The van der Waals surface area contributed by atoms with E-state index in [2.05, 4.69) is 0 Å². The lowest BCUT2D eigenvalue weighted by Crippen LogP contribution is -2.26. The molecule has 0 bridgehead atoms. The van der Waals surface area contributed by atoms with E-state index >= 15 is 0 Å². The quantitative estimate of drug-likeness (QED) is 0.851. The van der Waals surface area contributed by atoms with Crippen molar-refractivity contribution < 1.29 is 14.2 Å². The third kappa shape index (κ3) is 1.80. The molecule has 94 valence electrons. The smallest absolute Gasteiger partial charge is 0.220 e. The number of hydrogen-bond acceptors (Lipinski definition) is 3. The van der Waals surface area contributed by atoms with Crippen LogP contribution >= 0.6 is 0 Å². The number of aliphatic hydroxyl groups is 1. The number of nitrogens with zero attached hydrogens (tertiary/aromatic N) is 1. The second kappa shape index (κ2) is 4.16. The fourth-order valence-electron chi connectivity index (χ4n) is 2.29. The highest BCUT2D eigenvalue weighted by Crippen LogP contribution is 2.39. The number of halogens is 1. The minimum Gasteiger partial charge on any atom is -0.358 e. The minimum absolute atomic E-state index is 0.221. The van der Waals surface area contributed by atoms with Gasteiger partial charge in [-0.3, -0.25) is 0 Å². The summed E-state index contributed by atoms with van der Waals surface area (Å²) < 4.78 is 18.4. The monoisotopic (exact) mass is 255 g/mol. The van der Waals surface area contributed by atoms with Gasteiger partial charge in [-0.25, -0.2) is 4.39 Å². The van der Waals surface area contributed by atoms with E-state index < -0.39 is 5.79 Å². The van der Waals surface area contributed by atoms with Gasteiger partial charge in [-0.1, -0.05) is 18.2 Å². The van der Waals surface area contributed by atoms with Crippen LogP contribution < -0.4 is 0 Å². The Morgan fingerprint density at radius 2 is 1.95 bits per heavy atom. The molecule has 1 unspecified atom stereocenters. The highest BCUT2D eigenvalue weighted by Gasteiger charge is 2.39. The molecule has 3 rings (SSSR count). The van der Waals surface area contributed by atoms with Gasteiger partial charge in [-0.05, 0) is 29.8 Å². The van der Waals surface area contributed by atoms with Crippen molar-refractivity contribution in [3.8, 4) is 6.07 Å². The van der Waals surface area contributed by atoms with Crippen molar-refractivity contribution in [1.29, 1.82) is 5.26 Å². The summed E-state index contributed by atoms with van der Waals surface area (Å²) in [5.74, 6) is -1.94. The Labute approximate surface area is 109 Å². The van der Waals surface area contributed by atoms with Crippen molar-refractivity contribution in [1.82, 2.24) is 0 Å². The molecule has 0 amide bonds. The van der Waals surface area contributed by atoms with E-state index in [4.69, 9.17) is 10.00 Å². The van der Waals surface area contributed by atoms with Crippen molar-refractivity contribution >= 4 is 0 Å². The van der Waals surface area contributed by atoms with Gasteiger partial charge in [-0.15, -0.1) is 0 Å². The normalized spacial score (nSPS) is 20.9. The summed E-state index contributed by atoms with van der Waals surface area (Å²) >= 11 is 0. The Morgan fingerprint density at radius 1 is 1.21 bits per heavy atom. The van der Waals surface area contributed by atoms with Gasteiger partial charge in [0.15, 0.2) is 0 Å². The molecule has 1 aliphatic heterocycles. The summed E-state index contributed by atoms with van der Waals surface area (Å²) in [6.45, 7) is 0.221. The summed E-state index contributed by atoms with van der Waals surface area (Å²) in [6.07, 6.45) is 0. The van der Waals surface area contributed by atoms with Gasteiger partial charge in [0.25, 0.3) is 0 Å². The van der Waals surface area contributed by atoms with E-state index in [0.717, 1.165) is 5.56 Å². The highest BCUT2D eigenvalue weighted by molar-refractivity contribution is 5.45. The molecule has 1 N–H and O–H groups in total. The SMILES string of the molecule is N#Cc1ccc2c(c1)COC2(O)c1ccc(F)cc1. The van der Waals surface area contributed by atoms with Gasteiger partial charge >= 0.3 is 0 Å². The Balaban J connectivity index is 2.10. The zero-order valence-corrected chi connectivity index (χ0v) is 9.93. The largest absolute Gasteiger partial charge is 0.358 e. The van der Waals surface area contributed by atoms with Gasteiger partial charge in [-0.2, -0.15) is 5.26 Å². The molecule has 0 radical (unpaired) electrons. The second-order valence-corrected chi connectivity index (χ2v) is 4.42. The highest BCUT2D eigenvalue weighted by atomic mass is 19.1. The fourth-order valence-corrected chi connectivity index (χ4v) is 2.29. The first-order chi connectivity index (χ1) is 9.13. The summed E-state index contributed by atoms with van der Waals surface area (Å²) in [6, 6.07) is 12.6. The maximum absolute atomic E-state index is 12.9. The number of hydrogen-bond donors (Lipinski definition) is 1. The van der Waals surface area contributed by atoms with Crippen LogP contribution in [0, 0.1) is 17.1 Å². The van der Waals surface area contributed by atoms with E-state index in [1.54, 1.807) is 18.2 Å². The first-order valence-electron chi connectivity index (χ1n) is 5.79. The number of rotatable bonds is 1. The van der Waals surface area contributed by atoms with Crippen LogP contribution in [0.4, 0.5) is 4.39 Å². The molecule has 2 aromatic carbocycles. The zero-order chi connectivity index (χ0) is 13.5. The average Bonchev–Trinajstić information content (AvgIpc) is 2.78. The number of benzene rings is 2. The van der Waals surface area contributed by atoms with E-state index in [0.29, 0.717) is 16.7 Å². The summed E-state index contributed by atoms with van der Waals surface area (Å²) in [5.41, 5.74) is 2.35. The number of fused-ring (bicyclic) bond motifs is 1. The van der Waals surface area contributed by atoms with E-state index in [-0.39, 0.29) is 12.4 Å². The molecule has 19 heavy (non-hydrogen) atoms. The Hall–Kier alpha value is -2.22. The van der Waals surface area contributed by atoms with Crippen molar-refractivity contribution in [2.45, 2.75) is 12.4 Å². The zero-order valence-electron chi connectivity index (χ0n) is 9.93. The summed E-state index contributed by atoms with van der Waals surface area (Å²) in [5, 5.41) is 19.5. The van der Waals surface area contributed by atoms with Crippen molar-refractivity contribution in [3.05, 3.63) is 70.5 Å². The van der Waals surface area contributed by atoms with Crippen LogP contribution in [0.2, 0.25) is 0 Å². The fraction of sp³-hybridized carbons (Fsp3) is 0.133. The molecule has 0 saturated carbocycles. The number of nitriles is 1. The van der Waals surface area contributed by atoms with Crippen LogP contribution in [0.1, 0.15) is 22.3 Å². The third-order valence-electron chi connectivity index (χ3n) is 3.27. The Kier molecular flexibility index (Phi) is 2.59. The molecule has 3 nitrogen and oxygen atoms in total.